The van der Waals surface area contributed by atoms with Crippen LogP contribution in [-0.2, 0) is 4.79 Å². The van der Waals surface area contributed by atoms with E-state index in [-0.39, 0.29) is 0 Å². The van der Waals surface area contributed by atoms with Gasteiger partial charge >= 0.3 is 5.25 Å². The van der Waals surface area contributed by atoms with Gasteiger partial charge in [-0.15, -0.1) is 12.6 Å². The average Bonchev–Trinajstić information content (AvgIpc) is 1.81. The van der Waals surface area contributed by atoms with Crippen LogP contribution in [0.3, 0.4) is 0 Å². The lowest BCUT2D eigenvalue weighted by atomic mass is 10.5. The molecule has 0 unspecified atom stereocenters. The van der Waals surface area contributed by atoms with Gasteiger partial charge < -0.3 is 5.32 Å². The van der Waals surface area contributed by atoms with E-state index in [1.807, 2.05) is 5.32 Å². The first kappa shape index (κ1) is 9.42. The van der Waals surface area contributed by atoms with E-state index in [0.717, 1.165) is 6.08 Å². The highest BCUT2D eigenvalue weighted by atomic mass is 32.1. The molecule has 0 aromatic rings. The van der Waals surface area contributed by atoms with E-state index in [0.29, 0.717) is 0 Å². The fourth-order valence-corrected chi connectivity index (χ4v) is 0.345. The Morgan fingerprint density at radius 3 is 2.60 bits per heavy atom. The molecule has 58 valence electrons. The second kappa shape index (κ2) is 3.55. The van der Waals surface area contributed by atoms with Crippen molar-refractivity contribution in [3.8, 4) is 0 Å². The van der Waals surface area contributed by atoms with Gasteiger partial charge in [0.25, 0.3) is 0 Å². The fraction of sp³-hybridized carbons (Fsp3) is 0.400. The van der Waals surface area contributed by atoms with Gasteiger partial charge in [0.2, 0.25) is 5.91 Å². The first-order chi connectivity index (χ1) is 4.45. The van der Waals surface area contributed by atoms with Crippen LogP contribution < -0.4 is 5.32 Å². The zero-order valence-electron chi connectivity index (χ0n) is 5.10. The highest BCUT2D eigenvalue weighted by Gasteiger charge is 2.22. The number of carbonyl (C=O) groups excluding carboxylic acids is 1. The van der Waals surface area contributed by atoms with E-state index in [1.54, 1.807) is 0 Å². The van der Waals surface area contributed by atoms with E-state index in [9.17, 15) is 13.6 Å². The third kappa shape index (κ3) is 5.55. The molecule has 0 bridgehead atoms. The van der Waals surface area contributed by atoms with Crippen molar-refractivity contribution in [2.75, 3.05) is 6.54 Å². The molecule has 2 nitrogen and oxygen atoms in total. The Morgan fingerprint density at radius 2 is 2.30 bits per heavy atom. The van der Waals surface area contributed by atoms with Crippen LogP contribution in [0.1, 0.15) is 0 Å². The van der Waals surface area contributed by atoms with Crippen molar-refractivity contribution < 1.29 is 13.6 Å². The van der Waals surface area contributed by atoms with Crippen molar-refractivity contribution >= 4 is 18.5 Å². The fourth-order valence-electron chi connectivity index (χ4n) is 0.266. The van der Waals surface area contributed by atoms with E-state index < -0.39 is 17.7 Å². The zero-order valence-corrected chi connectivity index (χ0v) is 6.00. The summed E-state index contributed by atoms with van der Waals surface area (Å²) in [6, 6.07) is 0. The van der Waals surface area contributed by atoms with Crippen molar-refractivity contribution in [2.45, 2.75) is 5.25 Å². The largest absolute Gasteiger partial charge is 0.346 e. The molecule has 10 heavy (non-hydrogen) atoms. The number of amides is 1. The van der Waals surface area contributed by atoms with Crippen LogP contribution in [0.2, 0.25) is 0 Å². The van der Waals surface area contributed by atoms with Gasteiger partial charge in [0, 0.05) is 0 Å². The second-order valence-corrected chi connectivity index (χ2v) is 2.24. The number of thiol groups is 1. The van der Waals surface area contributed by atoms with E-state index in [2.05, 4.69) is 19.2 Å². The van der Waals surface area contributed by atoms with Crippen LogP contribution in [0.4, 0.5) is 8.78 Å². The first-order valence-electron chi connectivity index (χ1n) is 2.46. The highest BCUT2D eigenvalue weighted by molar-refractivity contribution is 7.81. The van der Waals surface area contributed by atoms with Crippen LogP contribution >= 0.6 is 12.6 Å². The Balaban J connectivity index is 3.55. The van der Waals surface area contributed by atoms with Gasteiger partial charge in [0.15, 0.2) is 0 Å². The zero-order chi connectivity index (χ0) is 8.20. The van der Waals surface area contributed by atoms with Crippen molar-refractivity contribution in [2.24, 2.45) is 0 Å². The Kier molecular flexibility index (Phi) is 3.35. The van der Waals surface area contributed by atoms with Crippen molar-refractivity contribution in [1.82, 2.24) is 5.32 Å². The normalized spacial score (nSPS) is 10.7. The van der Waals surface area contributed by atoms with E-state index in [1.165, 1.54) is 0 Å². The summed E-state index contributed by atoms with van der Waals surface area (Å²) in [6.45, 7) is 2.30. The third-order valence-electron chi connectivity index (χ3n) is 0.661. The van der Waals surface area contributed by atoms with Crippen LogP contribution in [0.15, 0.2) is 12.7 Å². The summed E-state index contributed by atoms with van der Waals surface area (Å²) in [5, 5.41) is -1.27. The summed E-state index contributed by atoms with van der Waals surface area (Å²) in [6.07, 6.45) is 0.916. The summed E-state index contributed by atoms with van der Waals surface area (Å²) >= 11 is 2.89. The maximum Gasteiger partial charge on any atom is 0.308 e. The molecule has 1 amide bonds. The molecule has 0 aliphatic carbocycles. The summed E-state index contributed by atoms with van der Waals surface area (Å²) in [7, 11) is 0. The number of rotatable bonds is 3. The smallest absolute Gasteiger partial charge is 0.308 e. The SMILES string of the molecule is C=CC(=O)NCC(F)(F)S. The van der Waals surface area contributed by atoms with Crippen molar-refractivity contribution in [3.05, 3.63) is 12.7 Å². The monoisotopic (exact) mass is 167 g/mol. The Bertz CT molecular complexity index is 143. The minimum Gasteiger partial charge on any atom is -0.346 e. The lowest BCUT2D eigenvalue weighted by molar-refractivity contribution is -0.117. The highest BCUT2D eigenvalue weighted by Crippen LogP contribution is 2.15. The van der Waals surface area contributed by atoms with Crippen LogP contribution in [0.25, 0.3) is 0 Å². The van der Waals surface area contributed by atoms with Gasteiger partial charge in [-0.1, -0.05) is 6.58 Å². The number of alkyl halides is 2. The molecule has 0 radical (unpaired) electrons. The summed E-state index contributed by atoms with van der Waals surface area (Å²) in [5.74, 6) is -0.631. The Labute approximate surface area is 62.7 Å². The molecule has 0 rings (SSSR count). The average molecular weight is 167 g/mol. The van der Waals surface area contributed by atoms with Gasteiger partial charge in [-0.2, -0.15) is 8.78 Å². The molecule has 0 spiro atoms. The van der Waals surface area contributed by atoms with Crippen LogP contribution in [0, 0.1) is 0 Å². The number of hydrogen-bond acceptors (Lipinski definition) is 2. The lowest BCUT2D eigenvalue weighted by Crippen LogP contribution is -2.31. The number of hydrogen-bond donors (Lipinski definition) is 2. The molecule has 5 heteroatoms. The van der Waals surface area contributed by atoms with Gasteiger partial charge in [0.1, 0.15) is 0 Å². The third-order valence-corrected chi connectivity index (χ3v) is 0.819. The second-order valence-electron chi connectivity index (χ2n) is 1.59. The van der Waals surface area contributed by atoms with Gasteiger partial charge in [0.05, 0.1) is 6.54 Å². The lowest BCUT2D eigenvalue weighted by Gasteiger charge is -2.08. The molecule has 0 aromatic carbocycles. The van der Waals surface area contributed by atoms with Crippen LogP contribution in [0.5, 0.6) is 0 Å². The summed E-state index contributed by atoms with van der Waals surface area (Å²) < 4.78 is 23.7. The van der Waals surface area contributed by atoms with Gasteiger partial charge in [-0.05, 0) is 6.08 Å². The van der Waals surface area contributed by atoms with Gasteiger partial charge in [-0.3, -0.25) is 4.79 Å². The Hall–Kier alpha value is -0.580. The summed E-state index contributed by atoms with van der Waals surface area (Å²) in [5.41, 5.74) is 0. The molecule has 1 N–H and O–H groups in total. The topological polar surface area (TPSA) is 29.1 Å². The van der Waals surface area contributed by atoms with E-state index in [4.69, 9.17) is 0 Å². The quantitative estimate of drug-likeness (QED) is 0.472. The molecule has 0 atom stereocenters. The molecular weight excluding hydrogens is 160 g/mol. The standard InChI is InChI=1S/C5H7F2NOS/c1-2-4(9)8-3-5(6,7)10/h2,10H,1,3H2,(H,8,9). The minimum atomic E-state index is -3.15. The maximum atomic E-state index is 11.8. The molecular formula is C5H7F2NOS. The minimum absolute atomic E-state index is 0.631. The number of carbonyl (C=O) groups is 1. The van der Waals surface area contributed by atoms with Crippen molar-refractivity contribution in [1.29, 1.82) is 0 Å². The van der Waals surface area contributed by atoms with E-state index >= 15 is 0 Å². The number of nitrogens with one attached hydrogen (secondary N) is 1. The molecule has 0 aromatic heterocycles. The molecule has 0 saturated carbocycles. The molecule has 0 fully saturated rings. The predicted molar refractivity (Wildman–Crippen MR) is 37.1 cm³/mol. The first-order valence-corrected chi connectivity index (χ1v) is 2.91. The predicted octanol–water partition coefficient (Wildman–Crippen LogP) is 0.811. The molecule has 0 saturated heterocycles. The molecule has 0 heterocycles. The van der Waals surface area contributed by atoms with Crippen LogP contribution in [-0.4, -0.2) is 17.7 Å². The van der Waals surface area contributed by atoms with Gasteiger partial charge in [-0.25, -0.2) is 0 Å². The maximum absolute atomic E-state index is 11.8. The summed E-state index contributed by atoms with van der Waals surface area (Å²) in [4.78, 5) is 10.3. The van der Waals surface area contributed by atoms with Crippen molar-refractivity contribution in [3.63, 3.8) is 0 Å². The number of halogens is 2. The Morgan fingerprint density at radius 1 is 1.80 bits per heavy atom. The molecule has 0 aliphatic rings. The molecule has 0 aliphatic heterocycles.